The SMILES string of the molecule is Cc1nc(N2CCOC3(CCC(F)(F)CC3)C2)nc(NC(CN(C)C)c2ccccc2)c1Cl.O=C(O)C(F)(F)F. The van der Waals surface area contributed by atoms with Crippen molar-refractivity contribution in [2.45, 2.75) is 56.3 Å². The lowest BCUT2D eigenvalue weighted by Gasteiger charge is -2.46. The number of anilines is 2. The predicted molar refractivity (Wildman–Crippen MR) is 141 cm³/mol. The van der Waals surface area contributed by atoms with Crippen LogP contribution in [0.15, 0.2) is 30.3 Å². The molecule has 1 aliphatic carbocycles. The first kappa shape index (κ1) is 31.8. The monoisotopic (exact) mass is 593 g/mol. The maximum Gasteiger partial charge on any atom is 0.490 e. The number of hydrogen-bond acceptors (Lipinski definition) is 7. The van der Waals surface area contributed by atoms with Gasteiger partial charge in [0.15, 0.2) is 5.82 Å². The number of ether oxygens (including phenoxy) is 1. The van der Waals surface area contributed by atoms with E-state index < -0.39 is 23.7 Å². The molecule has 8 nitrogen and oxygen atoms in total. The van der Waals surface area contributed by atoms with Crippen LogP contribution < -0.4 is 10.2 Å². The highest BCUT2D eigenvalue weighted by molar-refractivity contribution is 6.33. The van der Waals surface area contributed by atoms with Gasteiger partial charge in [0, 0.05) is 32.5 Å². The van der Waals surface area contributed by atoms with Gasteiger partial charge in [0.05, 0.1) is 23.9 Å². The van der Waals surface area contributed by atoms with Crippen molar-refractivity contribution in [1.82, 2.24) is 14.9 Å². The summed E-state index contributed by atoms with van der Waals surface area (Å²) < 4.78 is 65.2. The molecular weight excluding hydrogens is 561 g/mol. The Labute approximate surface area is 234 Å². The summed E-state index contributed by atoms with van der Waals surface area (Å²) in [5.74, 6) is -4.23. The van der Waals surface area contributed by atoms with Gasteiger partial charge in [0.25, 0.3) is 0 Å². The predicted octanol–water partition coefficient (Wildman–Crippen LogP) is 5.57. The van der Waals surface area contributed by atoms with Gasteiger partial charge in [0.1, 0.15) is 5.02 Å². The largest absolute Gasteiger partial charge is 0.490 e. The van der Waals surface area contributed by atoms with Crippen molar-refractivity contribution in [2.24, 2.45) is 0 Å². The zero-order chi connectivity index (χ0) is 29.7. The number of nitrogens with zero attached hydrogens (tertiary/aromatic N) is 4. The summed E-state index contributed by atoms with van der Waals surface area (Å²) in [6.07, 6.45) is -4.69. The number of nitrogens with one attached hydrogen (secondary N) is 1. The molecule has 1 aliphatic heterocycles. The normalized spacial score (nSPS) is 19.1. The van der Waals surface area contributed by atoms with E-state index in [-0.39, 0.29) is 18.9 Å². The Balaban J connectivity index is 0.000000559. The molecule has 222 valence electrons. The van der Waals surface area contributed by atoms with Gasteiger partial charge in [-0.05, 0) is 39.4 Å². The molecule has 0 radical (unpaired) electrons. The van der Waals surface area contributed by atoms with E-state index in [9.17, 15) is 22.0 Å². The molecule has 1 aromatic heterocycles. The van der Waals surface area contributed by atoms with Crippen LogP contribution in [0.2, 0.25) is 5.02 Å². The van der Waals surface area contributed by atoms with E-state index in [4.69, 9.17) is 31.2 Å². The van der Waals surface area contributed by atoms with Crippen LogP contribution in [0, 0.1) is 6.92 Å². The molecule has 1 spiro atoms. The summed E-state index contributed by atoms with van der Waals surface area (Å²) in [4.78, 5) is 22.5. The summed E-state index contributed by atoms with van der Waals surface area (Å²) >= 11 is 6.62. The molecule has 0 bridgehead atoms. The second-order valence-electron chi connectivity index (χ2n) is 10.3. The van der Waals surface area contributed by atoms with Gasteiger partial charge in [0.2, 0.25) is 11.9 Å². The number of alkyl halides is 5. The number of aliphatic carboxylic acids is 1. The second-order valence-corrected chi connectivity index (χ2v) is 10.6. The highest BCUT2D eigenvalue weighted by atomic mass is 35.5. The quantitative estimate of drug-likeness (QED) is 0.420. The molecule has 1 saturated carbocycles. The molecule has 1 aromatic carbocycles. The number of benzene rings is 1. The topological polar surface area (TPSA) is 90.8 Å². The van der Waals surface area contributed by atoms with Gasteiger partial charge < -0.3 is 25.0 Å². The Morgan fingerprint density at radius 3 is 2.33 bits per heavy atom. The van der Waals surface area contributed by atoms with Crippen LogP contribution in [0.3, 0.4) is 0 Å². The maximum absolute atomic E-state index is 13.7. The van der Waals surface area contributed by atoms with Crippen molar-refractivity contribution in [1.29, 1.82) is 0 Å². The molecule has 1 atom stereocenters. The van der Waals surface area contributed by atoms with Crippen LogP contribution >= 0.6 is 11.6 Å². The number of carbonyl (C=O) groups is 1. The Morgan fingerprint density at radius 2 is 1.77 bits per heavy atom. The van der Waals surface area contributed by atoms with E-state index in [0.717, 1.165) is 12.1 Å². The lowest BCUT2D eigenvalue weighted by atomic mass is 9.81. The summed E-state index contributed by atoms with van der Waals surface area (Å²) in [5.41, 5.74) is 1.24. The maximum atomic E-state index is 13.7. The number of carboxylic acid groups (broad SMARTS) is 1. The number of carboxylic acids is 1. The van der Waals surface area contributed by atoms with Crippen LogP contribution in [0.4, 0.5) is 33.7 Å². The van der Waals surface area contributed by atoms with Crippen molar-refractivity contribution in [3.63, 3.8) is 0 Å². The minimum atomic E-state index is -5.08. The number of morpholine rings is 1. The third kappa shape index (κ3) is 8.61. The molecule has 1 saturated heterocycles. The highest BCUT2D eigenvalue weighted by Gasteiger charge is 2.46. The molecule has 2 heterocycles. The molecule has 2 aliphatic rings. The minimum absolute atomic E-state index is 0.0162. The van der Waals surface area contributed by atoms with Crippen molar-refractivity contribution in [3.8, 4) is 0 Å². The third-order valence-corrected chi connectivity index (χ3v) is 7.18. The summed E-state index contributed by atoms with van der Waals surface area (Å²) in [7, 11) is 4.05. The van der Waals surface area contributed by atoms with Crippen LogP contribution in [0.1, 0.15) is 43.0 Å². The van der Waals surface area contributed by atoms with Gasteiger partial charge in [-0.1, -0.05) is 41.9 Å². The first-order valence-electron chi connectivity index (χ1n) is 12.7. The smallest absolute Gasteiger partial charge is 0.475 e. The number of aryl methyl sites for hydroxylation is 1. The first-order valence-corrected chi connectivity index (χ1v) is 13.1. The van der Waals surface area contributed by atoms with E-state index in [0.29, 0.717) is 55.0 Å². The van der Waals surface area contributed by atoms with Crippen LogP contribution in [0.5, 0.6) is 0 Å². The van der Waals surface area contributed by atoms with Gasteiger partial charge in [-0.25, -0.2) is 18.6 Å². The number of hydrogen-bond donors (Lipinski definition) is 2. The fourth-order valence-electron chi connectivity index (χ4n) is 4.62. The molecule has 40 heavy (non-hydrogen) atoms. The minimum Gasteiger partial charge on any atom is -0.475 e. The van der Waals surface area contributed by atoms with E-state index >= 15 is 0 Å². The van der Waals surface area contributed by atoms with E-state index in [2.05, 4.69) is 27.3 Å². The molecule has 2 fully saturated rings. The molecule has 0 amide bonds. The summed E-state index contributed by atoms with van der Waals surface area (Å²) in [6.45, 7) is 4.20. The number of aromatic nitrogens is 2. The first-order chi connectivity index (χ1) is 18.6. The van der Waals surface area contributed by atoms with E-state index in [1.54, 1.807) is 0 Å². The van der Waals surface area contributed by atoms with Crippen molar-refractivity contribution < 1.29 is 36.6 Å². The zero-order valence-electron chi connectivity index (χ0n) is 22.4. The van der Waals surface area contributed by atoms with Crippen molar-refractivity contribution in [3.05, 3.63) is 46.6 Å². The molecule has 2 aromatic rings. The van der Waals surface area contributed by atoms with Crippen LogP contribution in [-0.2, 0) is 9.53 Å². The highest BCUT2D eigenvalue weighted by Crippen LogP contribution is 2.42. The Bertz CT molecular complexity index is 1140. The Kier molecular flexibility index (Phi) is 10.2. The average Bonchev–Trinajstić information content (AvgIpc) is 2.88. The molecular formula is C26H33ClF5N5O3. The Morgan fingerprint density at radius 1 is 1.18 bits per heavy atom. The third-order valence-electron chi connectivity index (χ3n) is 6.73. The fourth-order valence-corrected chi connectivity index (χ4v) is 4.76. The lowest BCUT2D eigenvalue weighted by Crippen LogP contribution is -2.55. The summed E-state index contributed by atoms with van der Waals surface area (Å²) in [5, 5.41) is 11.1. The lowest BCUT2D eigenvalue weighted by molar-refractivity contribution is -0.192. The second kappa shape index (κ2) is 12.8. The van der Waals surface area contributed by atoms with Gasteiger partial charge in [-0.15, -0.1) is 0 Å². The van der Waals surface area contributed by atoms with Gasteiger partial charge in [-0.2, -0.15) is 18.2 Å². The van der Waals surface area contributed by atoms with Crippen molar-refractivity contribution >= 4 is 29.3 Å². The Hall–Kier alpha value is -2.77. The van der Waals surface area contributed by atoms with E-state index in [1.807, 2.05) is 44.1 Å². The molecule has 1 unspecified atom stereocenters. The van der Waals surface area contributed by atoms with Gasteiger partial charge >= 0.3 is 12.1 Å². The number of likely N-dealkylation sites (N-methyl/N-ethyl adjacent to an activating group) is 1. The van der Waals surface area contributed by atoms with E-state index in [1.165, 1.54) is 0 Å². The number of rotatable bonds is 6. The molecule has 2 N–H and O–H groups in total. The zero-order valence-corrected chi connectivity index (χ0v) is 23.2. The average molecular weight is 594 g/mol. The molecule has 14 heteroatoms. The van der Waals surface area contributed by atoms with Crippen molar-refractivity contribution in [2.75, 3.05) is 50.6 Å². The summed E-state index contributed by atoms with van der Waals surface area (Å²) in [6, 6.07) is 10.2. The molecule has 4 rings (SSSR count). The number of halogens is 6. The van der Waals surface area contributed by atoms with Gasteiger partial charge in [-0.3, -0.25) is 0 Å². The van der Waals surface area contributed by atoms with Crippen LogP contribution in [0.25, 0.3) is 0 Å². The van der Waals surface area contributed by atoms with Crippen LogP contribution in [-0.4, -0.2) is 84.0 Å². The fraction of sp³-hybridized carbons (Fsp3) is 0.577. The standard InChI is InChI=1S/C24H32ClF2N5O.C2HF3O2/c1-17-20(25)21(29-19(15-31(2)3)18-7-5-4-6-8-18)30-22(28-17)32-13-14-33-23(16-32)9-11-24(26,27)12-10-23;3-2(4,5)1(6)7/h4-8,19H,9-16H2,1-3H3,(H,28,29,30);(H,6,7).